The predicted molar refractivity (Wildman–Crippen MR) is 116 cm³/mol. The van der Waals surface area contributed by atoms with E-state index in [0.29, 0.717) is 22.9 Å². The number of carbonyl (C=O) groups is 1. The van der Waals surface area contributed by atoms with Gasteiger partial charge in [0.05, 0.1) is 12.0 Å². The van der Waals surface area contributed by atoms with Crippen molar-refractivity contribution in [2.45, 2.75) is 31.4 Å². The molecule has 1 heterocycles. The van der Waals surface area contributed by atoms with Gasteiger partial charge in [-0.2, -0.15) is 0 Å². The Morgan fingerprint density at radius 2 is 1.68 bits per heavy atom. The van der Waals surface area contributed by atoms with Crippen LogP contribution in [0.5, 0.6) is 11.5 Å². The molecule has 2 N–H and O–H groups in total. The van der Waals surface area contributed by atoms with Crippen molar-refractivity contribution < 1.29 is 27.1 Å². The zero-order valence-electron chi connectivity index (χ0n) is 17.4. The molecule has 0 fully saturated rings. The summed E-state index contributed by atoms with van der Waals surface area (Å²) in [5.74, 6) is 1.28. The summed E-state index contributed by atoms with van der Waals surface area (Å²) < 4.78 is 43.3. The molecule has 0 aliphatic rings. The third kappa shape index (κ3) is 5.87. The second-order valence-electron chi connectivity index (χ2n) is 6.96. The number of carbonyl (C=O) groups excluding carboxylic acids is 1. The third-order valence-electron chi connectivity index (χ3n) is 4.14. The lowest BCUT2D eigenvalue weighted by atomic mass is 10.3. The Morgan fingerprint density at radius 3 is 2.32 bits per heavy atom. The van der Waals surface area contributed by atoms with Crippen molar-refractivity contribution in [2.24, 2.45) is 0 Å². The monoisotopic (exact) mass is 444 g/mol. The van der Waals surface area contributed by atoms with E-state index in [4.69, 9.17) is 13.9 Å². The number of benzene rings is 2. The molecule has 3 rings (SSSR count). The quantitative estimate of drug-likeness (QED) is 0.520. The first-order valence-electron chi connectivity index (χ1n) is 9.57. The van der Waals surface area contributed by atoms with E-state index in [1.165, 1.54) is 24.3 Å². The van der Waals surface area contributed by atoms with Crippen LogP contribution in [0.1, 0.15) is 30.2 Å². The minimum atomic E-state index is -3.59. The first-order chi connectivity index (χ1) is 14.8. The molecule has 31 heavy (non-hydrogen) atoms. The average Bonchev–Trinajstić information content (AvgIpc) is 3.21. The van der Waals surface area contributed by atoms with Crippen molar-refractivity contribution in [1.29, 1.82) is 0 Å². The Hall–Kier alpha value is -3.30. The maximum Gasteiger partial charge on any atom is 0.291 e. The highest BCUT2D eigenvalue weighted by Gasteiger charge is 2.16. The first kappa shape index (κ1) is 22.4. The second-order valence-corrected chi connectivity index (χ2v) is 8.67. The maximum atomic E-state index is 12.4. The van der Waals surface area contributed by atoms with Gasteiger partial charge in [0.2, 0.25) is 10.0 Å². The molecule has 0 saturated heterocycles. The molecule has 1 amide bonds. The lowest BCUT2D eigenvalue weighted by Gasteiger charge is -2.10. The third-order valence-corrected chi connectivity index (χ3v) is 5.81. The largest absolute Gasteiger partial charge is 0.493 e. The van der Waals surface area contributed by atoms with Crippen molar-refractivity contribution in [3.8, 4) is 11.5 Å². The van der Waals surface area contributed by atoms with Gasteiger partial charge in [-0.05, 0) is 62.4 Å². The lowest BCUT2D eigenvalue weighted by molar-refractivity contribution is 0.0992. The molecule has 0 atom stereocenters. The Morgan fingerprint density at radius 1 is 1.00 bits per heavy atom. The van der Waals surface area contributed by atoms with E-state index < -0.39 is 15.9 Å². The summed E-state index contributed by atoms with van der Waals surface area (Å²) in [5.41, 5.74) is 0.441. The van der Waals surface area contributed by atoms with E-state index in [9.17, 15) is 13.2 Å². The molecule has 9 heteroatoms. The minimum absolute atomic E-state index is 0.108. The van der Waals surface area contributed by atoms with Crippen LogP contribution in [0.4, 0.5) is 5.69 Å². The number of methoxy groups -OCH3 is 1. The summed E-state index contributed by atoms with van der Waals surface area (Å²) in [4.78, 5) is 12.6. The van der Waals surface area contributed by atoms with Gasteiger partial charge in [0.25, 0.3) is 5.91 Å². The Balaban J connectivity index is 1.61. The molecule has 0 unspecified atom stereocenters. The summed E-state index contributed by atoms with van der Waals surface area (Å²) in [7, 11) is -2.04. The van der Waals surface area contributed by atoms with Crippen LogP contribution in [0.2, 0.25) is 0 Å². The molecule has 1 aromatic heterocycles. The van der Waals surface area contributed by atoms with E-state index in [2.05, 4.69) is 10.0 Å². The minimum Gasteiger partial charge on any atom is -0.493 e. The van der Waals surface area contributed by atoms with Crippen molar-refractivity contribution in [1.82, 2.24) is 4.72 Å². The number of sulfonamides is 1. The standard InChI is InChI=1S/C22H24N2O6S/c1-15(2)24-31(26,27)18-11-8-16(9-12-18)23-22(25)21-13-10-17(30-21)14-29-20-7-5-4-6-19(20)28-3/h4-13,15,24H,14H2,1-3H3,(H,23,25). The van der Waals surface area contributed by atoms with Crippen molar-refractivity contribution in [2.75, 3.05) is 12.4 Å². The molecule has 0 spiro atoms. The van der Waals surface area contributed by atoms with Crippen molar-refractivity contribution in [3.05, 3.63) is 72.2 Å². The fourth-order valence-corrected chi connectivity index (χ4v) is 4.00. The normalized spacial score (nSPS) is 11.4. The van der Waals surface area contributed by atoms with Gasteiger partial charge in [0, 0.05) is 11.7 Å². The van der Waals surface area contributed by atoms with E-state index in [0.717, 1.165) is 0 Å². The number of ether oxygens (including phenoxy) is 2. The summed E-state index contributed by atoms with van der Waals surface area (Å²) in [6.07, 6.45) is 0. The van der Waals surface area contributed by atoms with Crippen LogP contribution >= 0.6 is 0 Å². The van der Waals surface area contributed by atoms with Gasteiger partial charge in [-0.25, -0.2) is 13.1 Å². The number of furan rings is 1. The van der Waals surface area contributed by atoms with Crippen LogP contribution in [0.3, 0.4) is 0 Å². The first-order valence-corrected chi connectivity index (χ1v) is 11.0. The lowest BCUT2D eigenvalue weighted by Crippen LogP contribution is -2.30. The summed E-state index contributed by atoms with van der Waals surface area (Å²) in [5, 5.41) is 2.67. The fourth-order valence-electron chi connectivity index (χ4n) is 2.75. The van der Waals surface area contributed by atoms with Crippen LogP contribution < -0.4 is 19.5 Å². The highest BCUT2D eigenvalue weighted by atomic mass is 32.2. The number of nitrogens with one attached hydrogen (secondary N) is 2. The van der Waals surface area contributed by atoms with Gasteiger partial charge in [0.15, 0.2) is 17.3 Å². The van der Waals surface area contributed by atoms with E-state index in [-0.39, 0.29) is 23.3 Å². The molecule has 8 nitrogen and oxygen atoms in total. The molecular weight excluding hydrogens is 420 g/mol. The molecule has 0 saturated carbocycles. The fraction of sp³-hybridized carbons (Fsp3) is 0.227. The van der Waals surface area contributed by atoms with Crippen molar-refractivity contribution in [3.63, 3.8) is 0 Å². The van der Waals surface area contributed by atoms with E-state index in [1.54, 1.807) is 45.2 Å². The van der Waals surface area contributed by atoms with Gasteiger partial charge in [0.1, 0.15) is 12.4 Å². The number of rotatable bonds is 9. The van der Waals surface area contributed by atoms with Crippen LogP contribution in [-0.4, -0.2) is 27.5 Å². The highest BCUT2D eigenvalue weighted by molar-refractivity contribution is 7.89. The zero-order valence-corrected chi connectivity index (χ0v) is 18.2. The van der Waals surface area contributed by atoms with E-state index >= 15 is 0 Å². The predicted octanol–water partition coefficient (Wildman–Crippen LogP) is 3.81. The zero-order chi connectivity index (χ0) is 22.4. The van der Waals surface area contributed by atoms with Crippen LogP contribution in [0, 0.1) is 0 Å². The number of hydrogen-bond acceptors (Lipinski definition) is 6. The average molecular weight is 445 g/mol. The molecule has 3 aromatic rings. The smallest absolute Gasteiger partial charge is 0.291 e. The summed E-state index contributed by atoms with van der Waals surface area (Å²) in [6, 6.07) is 16.1. The Bertz CT molecular complexity index is 1140. The maximum absolute atomic E-state index is 12.4. The van der Waals surface area contributed by atoms with Gasteiger partial charge in [-0.3, -0.25) is 4.79 Å². The highest BCUT2D eigenvalue weighted by Crippen LogP contribution is 2.27. The molecule has 2 aromatic carbocycles. The Labute approximate surface area is 181 Å². The molecule has 164 valence electrons. The van der Waals surface area contributed by atoms with Crippen LogP contribution in [0.25, 0.3) is 0 Å². The molecule has 0 aliphatic carbocycles. The topological polar surface area (TPSA) is 107 Å². The number of anilines is 1. The van der Waals surface area contributed by atoms with E-state index in [1.807, 2.05) is 12.1 Å². The van der Waals surface area contributed by atoms with Crippen molar-refractivity contribution >= 4 is 21.6 Å². The van der Waals surface area contributed by atoms with Gasteiger partial charge in [-0.15, -0.1) is 0 Å². The van der Waals surface area contributed by atoms with Gasteiger partial charge < -0.3 is 19.2 Å². The van der Waals surface area contributed by atoms with Gasteiger partial charge >= 0.3 is 0 Å². The van der Waals surface area contributed by atoms with Crippen LogP contribution in [0.15, 0.2) is 70.0 Å². The Kier molecular flexibility index (Phi) is 6.98. The molecule has 0 aliphatic heterocycles. The molecular formula is C22H24N2O6S. The van der Waals surface area contributed by atoms with Crippen LogP contribution in [-0.2, 0) is 16.6 Å². The summed E-state index contributed by atoms with van der Waals surface area (Å²) >= 11 is 0. The second kappa shape index (κ2) is 9.67. The number of para-hydroxylation sites is 2. The molecule has 0 bridgehead atoms. The van der Waals surface area contributed by atoms with Gasteiger partial charge in [-0.1, -0.05) is 12.1 Å². The number of amides is 1. The summed E-state index contributed by atoms with van der Waals surface area (Å²) in [6.45, 7) is 3.61. The number of hydrogen-bond donors (Lipinski definition) is 2. The SMILES string of the molecule is COc1ccccc1OCc1ccc(C(=O)Nc2ccc(S(=O)(=O)NC(C)C)cc2)o1. The molecule has 0 radical (unpaired) electrons.